The van der Waals surface area contributed by atoms with Crippen LogP contribution in [-0.4, -0.2) is 28.0 Å². The van der Waals surface area contributed by atoms with E-state index in [0.29, 0.717) is 5.56 Å². The summed E-state index contributed by atoms with van der Waals surface area (Å²) in [7, 11) is 0. The molecule has 0 saturated carbocycles. The van der Waals surface area contributed by atoms with Gasteiger partial charge in [0.2, 0.25) is 0 Å². The first-order valence-electron chi connectivity index (χ1n) is 10.8. The van der Waals surface area contributed by atoms with Crippen LogP contribution >= 0.6 is 0 Å². The van der Waals surface area contributed by atoms with Crippen molar-refractivity contribution in [3.63, 3.8) is 0 Å². The Labute approximate surface area is 182 Å². The van der Waals surface area contributed by atoms with Gasteiger partial charge in [-0.25, -0.2) is 0 Å². The molecular weight excluding hydrogens is 382 g/mol. The summed E-state index contributed by atoms with van der Waals surface area (Å²) in [5.41, 5.74) is 7.87. The summed E-state index contributed by atoms with van der Waals surface area (Å²) in [5.74, 6) is 0. The minimum absolute atomic E-state index is 0.534. The van der Waals surface area contributed by atoms with Crippen LogP contribution in [0.3, 0.4) is 0 Å². The van der Waals surface area contributed by atoms with Crippen molar-refractivity contribution in [1.29, 1.82) is 5.26 Å². The lowest BCUT2D eigenvalue weighted by Crippen LogP contribution is -2.18. The SMILES string of the molecule is Cc1c(Nc2c(C#N)cncc2-c2ccc(CN3CCCC3)cc2)ccc2[nH]ccc12. The van der Waals surface area contributed by atoms with Crippen LogP contribution in [0.25, 0.3) is 22.0 Å². The normalized spacial score (nSPS) is 14.1. The van der Waals surface area contributed by atoms with Crippen LogP contribution in [0.1, 0.15) is 29.5 Å². The molecule has 5 heteroatoms. The van der Waals surface area contributed by atoms with Gasteiger partial charge in [0, 0.05) is 47.3 Å². The second-order valence-corrected chi connectivity index (χ2v) is 8.20. The third-order valence-corrected chi connectivity index (χ3v) is 6.20. The molecule has 154 valence electrons. The van der Waals surface area contributed by atoms with E-state index in [9.17, 15) is 5.26 Å². The van der Waals surface area contributed by atoms with Gasteiger partial charge < -0.3 is 10.3 Å². The van der Waals surface area contributed by atoms with Gasteiger partial charge in [-0.2, -0.15) is 5.26 Å². The number of nitrogens with zero attached hydrogens (tertiary/aromatic N) is 3. The van der Waals surface area contributed by atoms with E-state index in [1.165, 1.54) is 36.9 Å². The lowest BCUT2D eigenvalue weighted by molar-refractivity contribution is 0.331. The highest BCUT2D eigenvalue weighted by Crippen LogP contribution is 2.35. The predicted molar refractivity (Wildman–Crippen MR) is 125 cm³/mol. The van der Waals surface area contributed by atoms with Crippen LogP contribution in [0.15, 0.2) is 61.1 Å². The summed E-state index contributed by atoms with van der Waals surface area (Å²) >= 11 is 0. The van der Waals surface area contributed by atoms with Gasteiger partial charge in [-0.15, -0.1) is 0 Å². The third-order valence-electron chi connectivity index (χ3n) is 6.20. The van der Waals surface area contributed by atoms with Crippen LogP contribution in [0.4, 0.5) is 11.4 Å². The number of H-pyrrole nitrogens is 1. The first kappa shape index (κ1) is 19.3. The average molecular weight is 408 g/mol. The zero-order valence-corrected chi connectivity index (χ0v) is 17.7. The number of nitrogens with one attached hydrogen (secondary N) is 2. The Bertz CT molecular complexity index is 1260. The fraction of sp³-hybridized carbons (Fsp3) is 0.231. The van der Waals surface area contributed by atoms with E-state index in [1.807, 2.05) is 12.4 Å². The first-order valence-corrected chi connectivity index (χ1v) is 10.8. The minimum atomic E-state index is 0.534. The predicted octanol–water partition coefficient (Wildman–Crippen LogP) is 5.75. The molecule has 0 bridgehead atoms. The van der Waals surface area contributed by atoms with E-state index in [0.717, 1.165) is 40.1 Å². The van der Waals surface area contributed by atoms with Crippen molar-refractivity contribution in [2.24, 2.45) is 0 Å². The minimum Gasteiger partial charge on any atom is -0.361 e. The van der Waals surface area contributed by atoms with Gasteiger partial charge in [0.05, 0.1) is 11.3 Å². The van der Waals surface area contributed by atoms with E-state index >= 15 is 0 Å². The van der Waals surface area contributed by atoms with Gasteiger partial charge in [-0.3, -0.25) is 9.88 Å². The number of hydrogen-bond acceptors (Lipinski definition) is 4. The Morgan fingerprint density at radius 1 is 1.06 bits per heavy atom. The first-order chi connectivity index (χ1) is 15.2. The Kier molecular flexibility index (Phi) is 5.15. The maximum absolute atomic E-state index is 9.74. The molecule has 4 aromatic rings. The monoisotopic (exact) mass is 407 g/mol. The van der Waals surface area contributed by atoms with Crippen molar-refractivity contribution in [2.75, 3.05) is 18.4 Å². The number of aryl methyl sites for hydroxylation is 1. The maximum Gasteiger partial charge on any atom is 0.103 e. The Morgan fingerprint density at radius 3 is 2.65 bits per heavy atom. The Balaban J connectivity index is 1.49. The zero-order valence-electron chi connectivity index (χ0n) is 17.7. The Hall–Kier alpha value is -3.62. The van der Waals surface area contributed by atoms with Gasteiger partial charge >= 0.3 is 0 Å². The molecule has 5 nitrogen and oxygen atoms in total. The van der Waals surface area contributed by atoms with Crippen LogP contribution in [0.5, 0.6) is 0 Å². The highest BCUT2D eigenvalue weighted by atomic mass is 15.1. The number of likely N-dealkylation sites (tertiary alicyclic amines) is 1. The molecule has 1 aliphatic rings. The van der Waals surface area contributed by atoms with Gasteiger partial charge in [0.25, 0.3) is 0 Å². The number of aromatic amines is 1. The molecule has 0 atom stereocenters. The van der Waals surface area contributed by atoms with Gasteiger partial charge in [-0.05, 0) is 67.7 Å². The van der Waals surface area contributed by atoms with Gasteiger partial charge in [0.15, 0.2) is 0 Å². The standard InChI is InChI=1S/C26H25N5/c1-18-22-10-11-29-25(22)9-8-24(18)30-26-21(14-27)15-28-16-23(26)20-6-4-19(5-7-20)17-31-12-2-3-13-31/h4-11,15-16,29H,2-3,12-13,17H2,1H3,(H,28,30). The van der Waals surface area contributed by atoms with Gasteiger partial charge in [-0.1, -0.05) is 24.3 Å². The highest BCUT2D eigenvalue weighted by molar-refractivity contribution is 5.91. The molecule has 1 saturated heterocycles. The molecule has 0 aliphatic carbocycles. The fourth-order valence-corrected chi connectivity index (χ4v) is 4.44. The van der Waals surface area contributed by atoms with Crippen molar-refractivity contribution in [1.82, 2.24) is 14.9 Å². The lowest BCUT2D eigenvalue weighted by atomic mass is 10.0. The lowest BCUT2D eigenvalue weighted by Gasteiger charge is -2.17. The summed E-state index contributed by atoms with van der Waals surface area (Å²) < 4.78 is 0. The highest BCUT2D eigenvalue weighted by Gasteiger charge is 2.15. The zero-order chi connectivity index (χ0) is 21.2. The van der Waals surface area contributed by atoms with Crippen LogP contribution in [-0.2, 0) is 6.54 Å². The second kappa shape index (κ2) is 8.25. The molecule has 0 unspecified atom stereocenters. The van der Waals surface area contributed by atoms with Crippen molar-refractivity contribution in [3.8, 4) is 17.2 Å². The van der Waals surface area contributed by atoms with E-state index < -0.39 is 0 Å². The molecule has 31 heavy (non-hydrogen) atoms. The molecule has 1 aliphatic heterocycles. The third kappa shape index (κ3) is 3.78. The summed E-state index contributed by atoms with van der Waals surface area (Å²) in [4.78, 5) is 10.1. The van der Waals surface area contributed by atoms with Crippen LogP contribution in [0.2, 0.25) is 0 Å². The van der Waals surface area contributed by atoms with Crippen molar-refractivity contribution in [2.45, 2.75) is 26.3 Å². The molecule has 1 fully saturated rings. The summed E-state index contributed by atoms with van der Waals surface area (Å²) in [6.07, 6.45) is 8.01. The van der Waals surface area contributed by atoms with Crippen LogP contribution < -0.4 is 5.32 Å². The number of nitriles is 1. The number of hydrogen-bond donors (Lipinski definition) is 2. The van der Waals surface area contributed by atoms with Crippen LogP contribution in [0, 0.1) is 18.3 Å². The van der Waals surface area contributed by atoms with Crippen molar-refractivity contribution >= 4 is 22.3 Å². The number of fused-ring (bicyclic) bond motifs is 1. The number of anilines is 2. The molecular formula is C26H25N5. The van der Waals surface area contributed by atoms with E-state index in [-0.39, 0.29) is 0 Å². The van der Waals surface area contributed by atoms with Gasteiger partial charge in [0.1, 0.15) is 6.07 Å². The number of rotatable bonds is 5. The van der Waals surface area contributed by atoms with E-state index in [4.69, 9.17) is 0 Å². The molecule has 2 N–H and O–H groups in total. The molecule has 0 radical (unpaired) electrons. The van der Waals surface area contributed by atoms with E-state index in [1.54, 1.807) is 6.20 Å². The van der Waals surface area contributed by atoms with E-state index in [2.05, 4.69) is 75.6 Å². The topological polar surface area (TPSA) is 67.7 Å². The van der Waals surface area contributed by atoms with Crippen molar-refractivity contribution in [3.05, 3.63) is 77.7 Å². The number of aromatic nitrogens is 2. The quantitative estimate of drug-likeness (QED) is 0.442. The smallest absolute Gasteiger partial charge is 0.103 e. The maximum atomic E-state index is 9.74. The molecule has 2 aromatic carbocycles. The van der Waals surface area contributed by atoms with Crippen molar-refractivity contribution < 1.29 is 0 Å². The average Bonchev–Trinajstić information content (AvgIpc) is 3.49. The molecule has 2 aromatic heterocycles. The summed E-state index contributed by atoms with van der Waals surface area (Å²) in [6, 6.07) is 17.1. The molecule has 5 rings (SSSR count). The number of pyridine rings is 1. The Morgan fingerprint density at radius 2 is 1.87 bits per heavy atom. The summed E-state index contributed by atoms with van der Waals surface area (Å²) in [5, 5.41) is 14.4. The molecule has 0 amide bonds. The summed E-state index contributed by atoms with van der Waals surface area (Å²) in [6.45, 7) is 5.47. The largest absolute Gasteiger partial charge is 0.361 e. The second-order valence-electron chi connectivity index (χ2n) is 8.20. The fourth-order valence-electron chi connectivity index (χ4n) is 4.44. The molecule has 0 spiro atoms. The molecule has 3 heterocycles. The number of benzene rings is 2.